The highest BCUT2D eigenvalue weighted by atomic mass is 16.5. The van der Waals surface area contributed by atoms with Gasteiger partial charge in [-0.15, -0.1) is 0 Å². The minimum atomic E-state index is -0.801. The molecule has 2 aromatic rings. The molecule has 2 amide bonds. The van der Waals surface area contributed by atoms with Crippen molar-refractivity contribution in [2.24, 2.45) is 5.92 Å². The fourth-order valence-electron chi connectivity index (χ4n) is 5.16. The lowest BCUT2D eigenvalue weighted by Crippen LogP contribution is -2.47. The largest absolute Gasteiger partial charge is 0.481 e. The molecule has 0 saturated heterocycles. The first-order chi connectivity index (χ1) is 16.4. The van der Waals surface area contributed by atoms with Crippen molar-refractivity contribution in [1.82, 2.24) is 10.6 Å². The molecule has 0 heterocycles. The number of ether oxygens (including phenoxy) is 1. The first-order valence-electron chi connectivity index (χ1n) is 12.1. The third-order valence-corrected chi connectivity index (χ3v) is 6.80. The summed E-state index contributed by atoms with van der Waals surface area (Å²) in [7, 11) is 0. The molecule has 34 heavy (non-hydrogen) atoms. The summed E-state index contributed by atoms with van der Waals surface area (Å²) in [5.41, 5.74) is 4.66. The standard InChI is InChI=1S/C27H32N2O5/c1-2-7-18(15-25(30)28-19-12-17(13-19)14-26(31)32)29-27(33)34-16-24-22-10-5-3-8-20(22)21-9-4-6-11-23(21)24/h3-6,8-11,17-19,24H,2,7,12-16H2,1H3,(H,28,30)(H,29,33)(H,31,32). The molecule has 1 unspecified atom stereocenters. The first-order valence-corrected chi connectivity index (χ1v) is 12.1. The number of hydrogen-bond acceptors (Lipinski definition) is 4. The third kappa shape index (κ3) is 5.58. The highest BCUT2D eigenvalue weighted by Crippen LogP contribution is 2.44. The maximum atomic E-state index is 12.6. The van der Waals surface area contributed by atoms with Crippen molar-refractivity contribution in [2.45, 2.75) is 63.5 Å². The number of benzene rings is 2. The number of carboxylic acids is 1. The van der Waals surface area contributed by atoms with Gasteiger partial charge in [-0.3, -0.25) is 9.59 Å². The topological polar surface area (TPSA) is 105 Å². The Kier molecular flexibility index (Phi) is 7.50. The van der Waals surface area contributed by atoms with E-state index in [0.29, 0.717) is 19.3 Å². The predicted octanol–water partition coefficient (Wildman–Crippen LogP) is 4.45. The van der Waals surface area contributed by atoms with Crippen LogP contribution in [0.3, 0.4) is 0 Å². The maximum Gasteiger partial charge on any atom is 0.407 e. The molecule has 0 spiro atoms. The van der Waals surface area contributed by atoms with E-state index in [1.807, 2.05) is 31.2 Å². The molecule has 7 heteroatoms. The van der Waals surface area contributed by atoms with E-state index in [-0.39, 0.29) is 49.3 Å². The predicted molar refractivity (Wildman–Crippen MR) is 128 cm³/mol. The van der Waals surface area contributed by atoms with Crippen LogP contribution >= 0.6 is 0 Å². The molecule has 7 nitrogen and oxygen atoms in total. The normalized spacial score (nSPS) is 19.3. The molecule has 0 radical (unpaired) electrons. The highest BCUT2D eigenvalue weighted by molar-refractivity contribution is 5.80. The molecule has 1 atom stereocenters. The molecule has 0 aliphatic heterocycles. The van der Waals surface area contributed by atoms with E-state index in [4.69, 9.17) is 9.84 Å². The van der Waals surface area contributed by atoms with Crippen molar-refractivity contribution in [2.75, 3.05) is 6.61 Å². The lowest BCUT2D eigenvalue weighted by molar-refractivity contribution is -0.139. The van der Waals surface area contributed by atoms with Crippen molar-refractivity contribution in [1.29, 1.82) is 0 Å². The zero-order valence-electron chi connectivity index (χ0n) is 19.5. The minimum absolute atomic E-state index is 0.0107. The van der Waals surface area contributed by atoms with E-state index < -0.39 is 12.1 Å². The number of amides is 2. The van der Waals surface area contributed by atoms with Gasteiger partial charge in [-0.25, -0.2) is 4.79 Å². The molecule has 0 bridgehead atoms. The Morgan fingerprint density at radius 3 is 2.24 bits per heavy atom. The third-order valence-electron chi connectivity index (χ3n) is 6.80. The number of nitrogens with one attached hydrogen (secondary N) is 2. The van der Waals surface area contributed by atoms with Crippen LogP contribution in [-0.2, 0) is 14.3 Å². The maximum absolute atomic E-state index is 12.6. The molecule has 0 aromatic heterocycles. The molecule has 4 rings (SSSR count). The number of alkyl carbamates (subject to hydrolysis) is 1. The summed E-state index contributed by atoms with van der Waals surface area (Å²) in [6.45, 7) is 2.24. The van der Waals surface area contributed by atoms with E-state index >= 15 is 0 Å². The van der Waals surface area contributed by atoms with E-state index in [0.717, 1.165) is 17.5 Å². The SMILES string of the molecule is CCCC(CC(=O)NC1CC(CC(=O)O)C1)NC(=O)OCC1c2ccccc2-c2ccccc21. The second kappa shape index (κ2) is 10.7. The summed E-state index contributed by atoms with van der Waals surface area (Å²) in [4.78, 5) is 35.8. The molecule has 2 aromatic carbocycles. The van der Waals surface area contributed by atoms with Gasteiger partial charge in [-0.1, -0.05) is 61.9 Å². The van der Waals surface area contributed by atoms with Crippen LogP contribution in [0.5, 0.6) is 0 Å². The van der Waals surface area contributed by atoms with Gasteiger partial charge in [0.25, 0.3) is 0 Å². The Bertz CT molecular complexity index is 1000. The summed E-state index contributed by atoms with van der Waals surface area (Å²) >= 11 is 0. The van der Waals surface area contributed by atoms with Crippen LogP contribution in [0.2, 0.25) is 0 Å². The Hall–Kier alpha value is -3.35. The second-order valence-electron chi connectivity index (χ2n) is 9.36. The summed E-state index contributed by atoms with van der Waals surface area (Å²) in [6.07, 6.45) is 2.69. The van der Waals surface area contributed by atoms with Crippen molar-refractivity contribution in [3.8, 4) is 11.1 Å². The van der Waals surface area contributed by atoms with Gasteiger partial charge in [0, 0.05) is 30.8 Å². The molecule has 180 valence electrons. The molecule has 1 saturated carbocycles. The van der Waals surface area contributed by atoms with Crippen molar-refractivity contribution >= 4 is 18.0 Å². The van der Waals surface area contributed by atoms with Gasteiger partial charge in [-0.2, -0.15) is 0 Å². The molecule has 1 fully saturated rings. The van der Waals surface area contributed by atoms with Crippen molar-refractivity contribution in [3.63, 3.8) is 0 Å². The van der Waals surface area contributed by atoms with Crippen LogP contribution in [0.15, 0.2) is 48.5 Å². The van der Waals surface area contributed by atoms with Gasteiger partial charge in [0.2, 0.25) is 5.91 Å². The number of carboxylic acid groups (broad SMARTS) is 1. The fourth-order valence-corrected chi connectivity index (χ4v) is 5.16. The Morgan fingerprint density at radius 1 is 1.03 bits per heavy atom. The van der Waals surface area contributed by atoms with Crippen LogP contribution in [0.1, 0.15) is 62.5 Å². The van der Waals surface area contributed by atoms with Gasteiger partial charge >= 0.3 is 12.1 Å². The summed E-state index contributed by atoms with van der Waals surface area (Å²) in [5, 5.41) is 14.7. The monoisotopic (exact) mass is 464 g/mol. The van der Waals surface area contributed by atoms with Gasteiger partial charge in [0.15, 0.2) is 0 Å². The van der Waals surface area contributed by atoms with Crippen LogP contribution in [0, 0.1) is 5.92 Å². The van der Waals surface area contributed by atoms with E-state index in [1.165, 1.54) is 11.1 Å². The fraction of sp³-hybridized carbons (Fsp3) is 0.444. The zero-order chi connectivity index (χ0) is 24.1. The number of rotatable bonds is 10. The zero-order valence-corrected chi connectivity index (χ0v) is 19.5. The molecule has 3 N–H and O–H groups in total. The lowest BCUT2D eigenvalue weighted by Gasteiger charge is -2.35. The first kappa shape index (κ1) is 23.8. The number of carbonyl (C=O) groups is 3. The van der Waals surface area contributed by atoms with E-state index in [1.54, 1.807) is 0 Å². The Balaban J connectivity index is 1.27. The van der Waals surface area contributed by atoms with Crippen molar-refractivity contribution in [3.05, 3.63) is 59.7 Å². The Labute approximate surface area is 199 Å². The molecular weight excluding hydrogens is 432 g/mol. The van der Waals surface area contributed by atoms with E-state index in [9.17, 15) is 14.4 Å². The highest BCUT2D eigenvalue weighted by Gasteiger charge is 2.32. The van der Waals surface area contributed by atoms with Gasteiger partial charge in [-0.05, 0) is 47.4 Å². The number of hydrogen-bond donors (Lipinski definition) is 3. The van der Waals surface area contributed by atoms with Gasteiger partial charge < -0.3 is 20.5 Å². The molecule has 2 aliphatic carbocycles. The summed E-state index contributed by atoms with van der Waals surface area (Å²) < 4.78 is 5.63. The van der Waals surface area contributed by atoms with Gasteiger partial charge in [0.05, 0.1) is 0 Å². The van der Waals surface area contributed by atoms with Crippen molar-refractivity contribution < 1.29 is 24.2 Å². The molecule has 2 aliphatic rings. The summed E-state index contributed by atoms with van der Waals surface area (Å²) in [6, 6.07) is 16.1. The quantitative estimate of drug-likeness (QED) is 0.482. The lowest BCUT2D eigenvalue weighted by atomic mass is 9.78. The number of aliphatic carboxylic acids is 1. The van der Waals surface area contributed by atoms with Crippen LogP contribution in [0.25, 0.3) is 11.1 Å². The van der Waals surface area contributed by atoms with Gasteiger partial charge in [0.1, 0.15) is 6.61 Å². The Morgan fingerprint density at radius 2 is 1.65 bits per heavy atom. The van der Waals surface area contributed by atoms with Crippen LogP contribution in [-0.4, -0.2) is 41.8 Å². The average molecular weight is 465 g/mol. The van der Waals surface area contributed by atoms with Crippen LogP contribution in [0.4, 0.5) is 4.79 Å². The van der Waals surface area contributed by atoms with Crippen LogP contribution < -0.4 is 10.6 Å². The second-order valence-corrected chi connectivity index (χ2v) is 9.36. The van der Waals surface area contributed by atoms with E-state index in [2.05, 4.69) is 34.9 Å². The average Bonchev–Trinajstić information content (AvgIpc) is 3.10. The smallest absolute Gasteiger partial charge is 0.407 e. The number of carbonyl (C=O) groups excluding carboxylic acids is 2. The number of fused-ring (bicyclic) bond motifs is 3. The minimum Gasteiger partial charge on any atom is -0.481 e. The summed E-state index contributed by atoms with van der Waals surface area (Å²) in [5.74, 6) is -0.808. The molecular formula is C27H32N2O5.